The van der Waals surface area contributed by atoms with Crippen molar-refractivity contribution in [2.75, 3.05) is 18.5 Å². The monoisotopic (exact) mass is 386 g/mol. The lowest BCUT2D eigenvalue weighted by Gasteiger charge is -2.12. The fraction of sp³-hybridized carbons (Fsp3) is 0.350. The van der Waals surface area contributed by atoms with Gasteiger partial charge in [-0.15, -0.1) is 0 Å². The molecule has 0 saturated heterocycles. The molecule has 2 unspecified atom stereocenters. The summed E-state index contributed by atoms with van der Waals surface area (Å²) in [7, 11) is 0. The van der Waals surface area contributed by atoms with Gasteiger partial charge >= 0.3 is 0 Å². The van der Waals surface area contributed by atoms with Crippen LogP contribution in [-0.2, 0) is 0 Å². The summed E-state index contributed by atoms with van der Waals surface area (Å²) >= 11 is 0. The highest BCUT2D eigenvalue weighted by atomic mass is 16.6. The van der Waals surface area contributed by atoms with E-state index in [2.05, 4.69) is 36.3 Å². The summed E-state index contributed by atoms with van der Waals surface area (Å²) < 4.78 is 5.40. The van der Waals surface area contributed by atoms with Crippen LogP contribution in [0.1, 0.15) is 31.7 Å². The van der Waals surface area contributed by atoms with Crippen molar-refractivity contribution in [3.05, 3.63) is 64.2 Å². The lowest BCUT2D eigenvalue weighted by Crippen LogP contribution is -2.27. The van der Waals surface area contributed by atoms with E-state index in [9.17, 15) is 15.2 Å². The van der Waals surface area contributed by atoms with Crippen molar-refractivity contribution in [2.45, 2.75) is 32.3 Å². The van der Waals surface area contributed by atoms with E-state index in [4.69, 9.17) is 10.5 Å². The molecule has 0 saturated carbocycles. The zero-order valence-electron chi connectivity index (χ0n) is 16.0. The fourth-order valence-electron chi connectivity index (χ4n) is 2.43. The first-order valence-corrected chi connectivity index (χ1v) is 9.11. The normalized spacial score (nSPS) is 13.6. The number of nitro groups is 1. The predicted octanol–water partition coefficient (Wildman–Crippen LogP) is 3.27. The van der Waals surface area contributed by atoms with Crippen molar-refractivity contribution < 1.29 is 14.8 Å². The second-order valence-electron chi connectivity index (χ2n) is 6.50. The Labute approximate surface area is 164 Å². The Morgan fingerprint density at radius 2 is 1.89 bits per heavy atom. The number of non-ortho nitro benzene ring substituents is 1. The minimum Gasteiger partial charge on any atom is -0.491 e. The first-order chi connectivity index (χ1) is 13.4. The number of nitro benzene ring substituents is 1. The third kappa shape index (κ3) is 6.55. The molecule has 0 amide bonds. The van der Waals surface area contributed by atoms with Crippen LogP contribution in [0.2, 0.25) is 0 Å². The summed E-state index contributed by atoms with van der Waals surface area (Å²) in [6.07, 6.45) is 0.222. The first-order valence-electron chi connectivity index (χ1n) is 9.11. The smallest absolute Gasteiger partial charge is 0.269 e. The Balaban J connectivity index is 1.79. The number of aliphatic hydroxyl groups excluding tert-OH is 1. The Hall–Kier alpha value is -3.13. The molecule has 2 atom stereocenters. The second-order valence-corrected chi connectivity index (χ2v) is 6.50. The Bertz CT molecular complexity index is 791. The number of aliphatic imine (C=N–C) groups is 1. The van der Waals surface area contributed by atoms with Crippen LogP contribution in [0.5, 0.6) is 5.75 Å². The maximum Gasteiger partial charge on any atom is 0.269 e. The van der Waals surface area contributed by atoms with E-state index in [1.54, 1.807) is 0 Å². The van der Waals surface area contributed by atoms with Crippen molar-refractivity contribution in [3.63, 3.8) is 0 Å². The highest BCUT2D eigenvalue weighted by molar-refractivity contribution is 5.92. The number of benzene rings is 2. The van der Waals surface area contributed by atoms with Crippen molar-refractivity contribution >= 4 is 17.3 Å². The molecular weight excluding hydrogens is 360 g/mol. The van der Waals surface area contributed by atoms with Crippen LogP contribution < -0.4 is 15.8 Å². The number of hydrogen-bond acceptors (Lipinski definition) is 5. The number of rotatable bonds is 9. The van der Waals surface area contributed by atoms with Crippen molar-refractivity contribution in [2.24, 2.45) is 10.7 Å². The number of nitrogens with zero attached hydrogens (tertiary/aromatic N) is 2. The number of ether oxygens (including phenoxy) is 1. The molecule has 150 valence electrons. The van der Waals surface area contributed by atoms with Crippen LogP contribution in [0.15, 0.2) is 53.5 Å². The third-order valence-corrected chi connectivity index (χ3v) is 4.33. The summed E-state index contributed by atoms with van der Waals surface area (Å²) in [5.41, 5.74) is 7.92. The van der Waals surface area contributed by atoms with Crippen LogP contribution in [-0.4, -0.2) is 35.2 Å². The molecule has 4 N–H and O–H groups in total. The van der Waals surface area contributed by atoms with Crippen LogP contribution >= 0.6 is 0 Å². The van der Waals surface area contributed by atoms with Crippen molar-refractivity contribution in [1.29, 1.82) is 0 Å². The van der Waals surface area contributed by atoms with E-state index in [1.165, 1.54) is 29.8 Å². The molecule has 0 aliphatic heterocycles. The van der Waals surface area contributed by atoms with Gasteiger partial charge in [0.25, 0.3) is 5.69 Å². The van der Waals surface area contributed by atoms with Gasteiger partial charge in [0.2, 0.25) is 0 Å². The number of nitrogens with one attached hydrogen (secondary N) is 1. The summed E-state index contributed by atoms with van der Waals surface area (Å²) in [5.74, 6) is 1.14. The molecule has 0 aliphatic rings. The quantitative estimate of drug-likeness (QED) is 0.263. The molecule has 2 aromatic carbocycles. The van der Waals surface area contributed by atoms with Gasteiger partial charge in [-0.3, -0.25) is 15.1 Å². The van der Waals surface area contributed by atoms with Crippen LogP contribution in [0.3, 0.4) is 0 Å². The number of guanidine groups is 1. The fourth-order valence-corrected chi connectivity index (χ4v) is 2.43. The van der Waals surface area contributed by atoms with Crippen LogP contribution in [0, 0.1) is 10.1 Å². The van der Waals surface area contributed by atoms with E-state index >= 15 is 0 Å². The van der Waals surface area contributed by atoms with Gasteiger partial charge in [0.05, 0.1) is 11.5 Å². The lowest BCUT2D eigenvalue weighted by molar-refractivity contribution is -0.384. The SMILES string of the molecule is CCC(C)c1ccc(NC(N)=NCC(O)COc2ccc([N+](=O)[O-])cc2)cc1. The molecule has 8 heteroatoms. The average Bonchev–Trinajstić information content (AvgIpc) is 2.71. The number of nitrogens with two attached hydrogens (primary N) is 1. The van der Waals surface area contributed by atoms with E-state index in [-0.39, 0.29) is 24.8 Å². The molecule has 0 bridgehead atoms. The standard InChI is InChI=1S/C20H26N4O4/c1-3-14(2)15-4-6-16(7-5-15)23-20(21)22-12-18(25)13-28-19-10-8-17(9-11-19)24(26)27/h4-11,14,18,25H,3,12-13H2,1-2H3,(H3,21,22,23). The second kappa shape index (κ2) is 10.3. The summed E-state index contributed by atoms with van der Waals surface area (Å²) in [6, 6.07) is 13.6. The molecule has 0 fully saturated rings. The Morgan fingerprint density at radius 1 is 1.25 bits per heavy atom. The van der Waals surface area contributed by atoms with Gasteiger partial charge in [0, 0.05) is 17.8 Å². The molecule has 0 spiro atoms. The van der Waals surface area contributed by atoms with E-state index in [1.807, 2.05) is 12.1 Å². The number of hydrogen-bond donors (Lipinski definition) is 3. The van der Waals surface area contributed by atoms with Gasteiger partial charge in [-0.2, -0.15) is 0 Å². The topological polar surface area (TPSA) is 123 Å². The van der Waals surface area contributed by atoms with E-state index in [0.29, 0.717) is 11.7 Å². The van der Waals surface area contributed by atoms with Crippen molar-refractivity contribution in [3.8, 4) is 5.75 Å². The maximum atomic E-state index is 10.6. The van der Waals surface area contributed by atoms with Gasteiger partial charge < -0.3 is 20.9 Å². The zero-order valence-corrected chi connectivity index (χ0v) is 16.0. The van der Waals surface area contributed by atoms with Gasteiger partial charge in [0.15, 0.2) is 5.96 Å². The Kier molecular flexibility index (Phi) is 7.76. The molecule has 8 nitrogen and oxygen atoms in total. The molecule has 2 rings (SSSR count). The molecule has 28 heavy (non-hydrogen) atoms. The van der Waals surface area contributed by atoms with Crippen molar-refractivity contribution in [1.82, 2.24) is 0 Å². The molecule has 2 aromatic rings. The predicted molar refractivity (Wildman–Crippen MR) is 110 cm³/mol. The van der Waals surface area contributed by atoms with E-state index in [0.717, 1.165) is 12.1 Å². The number of aliphatic hydroxyl groups is 1. The molecular formula is C20H26N4O4. The largest absolute Gasteiger partial charge is 0.491 e. The van der Waals surface area contributed by atoms with Gasteiger partial charge in [-0.1, -0.05) is 26.0 Å². The molecule has 0 radical (unpaired) electrons. The van der Waals surface area contributed by atoms with Gasteiger partial charge in [-0.25, -0.2) is 0 Å². The van der Waals surface area contributed by atoms with E-state index < -0.39 is 11.0 Å². The molecule has 0 aliphatic carbocycles. The molecule has 0 aromatic heterocycles. The van der Waals surface area contributed by atoms with Crippen LogP contribution in [0.25, 0.3) is 0 Å². The lowest BCUT2D eigenvalue weighted by atomic mass is 9.99. The zero-order chi connectivity index (χ0) is 20.5. The minimum absolute atomic E-state index is 0.00179. The number of anilines is 1. The maximum absolute atomic E-state index is 10.6. The highest BCUT2D eigenvalue weighted by Crippen LogP contribution is 2.20. The highest BCUT2D eigenvalue weighted by Gasteiger charge is 2.08. The Morgan fingerprint density at radius 3 is 2.46 bits per heavy atom. The van der Waals surface area contributed by atoms with Gasteiger partial charge in [0.1, 0.15) is 18.5 Å². The summed E-state index contributed by atoms with van der Waals surface area (Å²) in [5, 5.41) is 23.6. The summed E-state index contributed by atoms with van der Waals surface area (Å²) in [6.45, 7) is 4.39. The van der Waals surface area contributed by atoms with Crippen LogP contribution in [0.4, 0.5) is 11.4 Å². The van der Waals surface area contributed by atoms with Gasteiger partial charge in [-0.05, 0) is 42.2 Å². The molecule has 0 heterocycles. The first kappa shape index (κ1) is 21.2. The average molecular weight is 386 g/mol. The summed E-state index contributed by atoms with van der Waals surface area (Å²) in [4.78, 5) is 14.2. The third-order valence-electron chi connectivity index (χ3n) is 4.33. The minimum atomic E-state index is -0.858.